The summed E-state index contributed by atoms with van der Waals surface area (Å²) in [5.74, 6) is 0.0823. The van der Waals surface area contributed by atoms with Gasteiger partial charge in [0.1, 0.15) is 5.75 Å². The van der Waals surface area contributed by atoms with Gasteiger partial charge >= 0.3 is 0 Å². The van der Waals surface area contributed by atoms with Crippen LogP contribution in [0, 0.1) is 0 Å². The van der Waals surface area contributed by atoms with Gasteiger partial charge in [0.2, 0.25) is 0 Å². The number of ether oxygens (including phenoxy) is 1. The van der Waals surface area contributed by atoms with E-state index in [1.54, 1.807) is 6.07 Å². The number of nitrogens with zero attached hydrogens (tertiary/aromatic N) is 1. The summed E-state index contributed by atoms with van der Waals surface area (Å²) in [5, 5.41) is 18.3. The molecule has 0 saturated heterocycles. The molecule has 0 bridgehead atoms. The van der Waals surface area contributed by atoms with Gasteiger partial charge in [0.15, 0.2) is 17.9 Å². The molecule has 0 amide bonds. The Morgan fingerprint density at radius 2 is 2.12 bits per heavy atom. The van der Waals surface area contributed by atoms with Gasteiger partial charge in [-0.2, -0.15) is 0 Å². The normalized spacial score (nSPS) is 12.9. The predicted octanol–water partition coefficient (Wildman–Crippen LogP) is 2.69. The van der Waals surface area contributed by atoms with E-state index in [1.807, 2.05) is 6.92 Å². The quantitative estimate of drug-likeness (QED) is 0.458. The number of hydrogen-bond donors (Lipinski definition) is 2. The molecule has 0 aliphatic carbocycles. The third-order valence-corrected chi connectivity index (χ3v) is 2.16. The van der Waals surface area contributed by atoms with Crippen LogP contribution in [0.1, 0.15) is 26.7 Å². The first kappa shape index (κ1) is 12.4. The van der Waals surface area contributed by atoms with Crippen LogP contribution in [0.15, 0.2) is 23.2 Å². The maximum Gasteiger partial charge on any atom is 0.176 e. The summed E-state index contributed by atoms with van der Waals surface area (Å²) < 4.78 is 5.20. The molecule has 88 valence electrons. The minimum atomic E-state index is -0.201. The SMILES string of the molecule is CCCC(C)/N=C/Oc1ccc(O)c(O)c1. The van der Waals surface area contributed by atoms with Crippen LogP contribution in [-0.2, 0) is 0 Å². The molecule has 4 heteroatoms. The molecule has 0 heterocycles. The third-order valence-electron chi connectivity index (χ3n) is 2.16. The van der Waals surface area contributed by atoms with E-state index < -0.39 is 0 Å². The fourth-order valence-corrected chi connectivity index (χ4v) is 1.26. The van der Waals surface area contributed by atoms with Crippen molar-refractivity contribution in [3.8, 4) is 17.2 Å². The highest BCUT2D eigenvalue weighted by Gasteiger charge is 2.00. The Bertz CT molecular complexity index is 363. The summed E-state index contributed by atoms with van der Waals surface area (Å²) in [4.78, 5) is 4.17. The molecule has 0 saturated carbocycles. The molecule has 1 atom stereocenters. The molecule has 0 radical (unpaired) electrons. The molecule has 1 unspecified atom stereocenters. The van der Waals surface area contributed by atoms with Crippen LogP contribution in [0.2, 0.25) is 0 Å². The Morgan fingerprint density at radius 1 is 1.38 bits per heavy atom. The number of phenolic OH excluding ortho intramolecular Hbond substituents is 2. The van der Waals surface area contributed by atoms with Crippen molar-refractivity contribution < 1.29 is 14.9 Å². The van der Waals surface area contributed by atoms with Crippen molar-refractivity contribution in [3.63, 3.8) is 0 Å². The van der Waals surface area contributed by atoms with Crippen molar-refractivity contribution in [2.75, 3.05) is 0 Å². The average Bonchev–Trinajstić information content (AvgIpc) is 2.24. The predicted molar refractivity (Wildman–Crippen MR) is 63.3 cm³/mol. The van der Waals surface area contributed by atoms with Gasteiger partial charge in [-0.05, 0) is 25.5 Å². The number of phenols is 2. The number of rotatable bonds is 5. The molecule has 0 aromatic heterocycles. The number of hydrogen-bond acceptors (Lipinski definition) is 4. The van der Waals surface area contributed by atoms with Gasteiger partial charge in [0.25, 0.3) is 0 Å². The standard InChI is InChI=1S/C12H17NO3/c1-3-4-9(2)13-8-16-10-5-6-11(14)12(15)7-10/h5-9,14-15H,3-4H2,1-2H3/b13-8+. The Balaban J connectivity index is 2.51. The number of aliphatic imine (C=N–C) groups is 1. The first-order valence-corrected chi connectivity index (χ1v) is 5.33. The number of aromatic hydroxyl groups is 2. The van der Waals surface area contributed by atoms with Crippen molar-refractivity contribution in [2.45, 2.75) is 32.7 Å². The van der Waals surface area contributed by atoms with E-state index >= 15 is 0 Å². The summed E-state index contributed by atoms with van der Waals surface area (Å²) in [7, 11) is 0. The van der Waals surface area contributed by atoms with E-state index in [1.165, 1.54) is 18.5 Å². The molecule has 4 nitrogen and oxygen atoms in total. The summed E-state index contributed by atoms with van der Waals surface area (Å²) in [6.07, 6.45) is 3.46. The Morgan fingerprint density at radius 3 is 2.75 bits per heavy atom. The van der Waals surface area contributed by atoms with Crippen LogP contribution < -0.4 is 4.74 Å². The van der Waals surface area contributed by atoms with Crippen molar-refractivity contribution in [1.82, 2.24) is 0 Å². The van der Waals surface area contributed by atoms with Crippen LogP contribution in [0.5, 0.6) is 17.2 Å². The summed E-state index contributed by atoms with van der Waals surface area (Å²) in [5.41, 5.74) is 0. The van der Waals surface area contributed by atoms with Gasteiger partial charge < -0.3 is 14.9 Å². The van der Waals surface area contributed by atoms with Gasteiger partial charge in [-0.3, -0.25) is 4.99 Å². The van der Waals surface area contributed by atoms with E-state index in [4.69, 9.17) is 9.84 Å². The lowest BCUT2D eigenvalue weighted by atomic mass is 10.2. The molecule has 0 fully saturated rings. The van der Waals surface area contributed by atoms with E-state index in [2.05, 4.69) is 11.9 Å². The van der Waals surface area contributed by atoms with E-state index in [-0.39, 0.29) is 17.5 Å². The highest BCUT2D eigenvalue weighted by molar-refractivity contribution is 5.54. The minimum absolute atomic E-state index is 0.163. The van der Waals surface area contributed by atoms with Crippen molar-refractivity contribution in [2.24, 2.45) is 4.99 Å². The lowest BCUT2D eigenvalue weighted by molar-refractivity contribution is 0.401. The molecular formula is C12H17NO3. The minimum Gasteiger partial charge on any atom is -0.504 e. The maximum absolute atomic E-state index is 9.22. The molecule has 0 aliphatic rings. The van der Waals surface area contributed by atoms with Crippen LogP contribution in [0.3, 0.4) is 0 Å². The van der Waals surface area contributed by atoms with E-state index in [0.29, 0.717) is 5.75 Å². The van der Waals surface area contributed by atoms with Gasteiger partial charge in [-0.25, -0.2) is 0 Å². The second kappa shape index (κ2) is 6.00. The van der Waals surface area contributed by atoms with Crippen LogP contribution >= 0.6 is 0 Å². The summed E-state index contributed by atoms with van der Waals surface area (Å²) >= 11 is 0. The maximum atomic E-state index is 9.22. The largest absolute Gasteiger partial charge is 0.504 e. The van der Waals surface area contributed by atoms with Crippen molar-refractivity contribution in [1.29, 1.82) is 0 Å². The second-order valence-electron chi connectivity index (χ2n) is 3.66. The zero-order chi connectivity index (χ0) is 12.0. The summed E-state index contributed by atoms with van der Waals surface area (Å²) in [6, 6.07) is 4.50. The van der Waals surface area contributed by atoms with Gasteiger partial charge in [0, 0.05) is 6.07 Å². The van der Waals surface area contributed by atoms with Crippen LogP contribution in [0.25, 0.3) is 0 Å². The zero-order valence-electron chi connectivity index (χ0n) is 9.55. The van der Waals surface area contributed by atoms with Crippen LogP contribution in [-0.4, -0.2) is 22.7 Å². The van der Waals surface area contributed by atoms with Gasteiger partial charge in [0.05, 0.1) is 6.04 Å². The number of benzene rings is 1. The Labute approximate surface area is 95.2 Å². The summed E-state index contributed by atoms with van der Waals surface area (Å²) in [6.45, 7) is 4.11. The van der Waals surface area contributed by atoms with E-state index in [0.717, 1.165) is 12.8 Å². The molecule has 16 heavy (non-hydrogen) atoms. The Hall–Kier alpha value is -1.71. The topological polar surface area (TPSA) is 62.0 Å². The molecule has 2 N–H and O–H groups in total. The lowest BCUT2D eigenvalue weighted by Gasteiger charge is -2.04. The highest BCUT2D eigenvalue weighted by Crippen LogP contribution is 2.28. The second-order valence-corrected chi connectivity index (χ2v) is 3.66. The van der Waals surface area contributed by atoms with Gasteiger partial charge in [-0.1, -0.05) is 13.3 Å². The molecule has 0 aliphatic heterocycles. The van der Waals surface area contributed by atoms with Crippen molar-refractivity contribution in [3.05, 3.63) is 18.2 Å². The molecule has 0 spiro atoms. The molecule has 1 aromatic rings. The first-order valence-electron chi connectivity index (χ1n) is 5.33. The fourth-order valence-electron chi connectivity index (χ4n) is 1.26. The van der Waals surface area contributed by atoms with Gasteiger partial charge in [-0.15, -0.1) is 0 Å². The lowest BCUT2D eigenvalue weighted by Crippen LogP contribution is -1.99. The van der Waals surface area contributed by atoms with Crippen molar-refractivity contribution >= 4 is 6.40 Å². The first-order chi connectivity index (χ1) is 7.63. The molecule has 1 aromatic carbocycles. The Kier molecular flexibility index (Phi) is 4.64. The third kappa shape index (κ3) is 3.81. The van der Waals surface area contributed by atoms with Crippen LogP contribution in [0.4, 0.5) is 0 Å². The van der Waals surface area contributed by atoms with E-state index in [9.17, 15) is 5.11 Å². The average molecular weight is 223 g/mol. The molecular weight excluding hydrogens is 206 g/mol. The fraction of sp³-hybridized carbons (Fsp3) is 0.417. The molecule has 1 rings (SSSR count). The monoisotopic (exact) mass is 223 g/mol. The highest BCUT2D eigenvalue weighted by atomic mass is 16.5. The zero-order valence-corrected chi connectivity index (χ0v) is 9.55. The smallest absolute Gasteiger partial charge is 0.176 e.